The molecule has 0 amide bonds. The summed E-state index contributed by atoms with van der Waals surface area (Å²) >= 11 is 1.88. The summed E-state index contributed by atoms with van der Waals surface area (Å²) in [5.41, 5.74) is 1.21. The molecule has 1 saturated carbocycles. The standard InChI is InChI=1S/C14H24N4S/c1-11-13(10-15-12-4-5-12)19-14(16-11)18-7-3-6-17(2)8-9-18/h12,15H,3-10H2,1-2H3. The molecule has 0 aromatic carbocycles. The van der Waals surface area contributed by atoms with Crippen LogP contribution in [0.5, 0.6) is 0 Å². The van der Waals surface area contributed by atoms with Crippen LogP contribution in [0.3, 0.4) is 0 Å². The monoisotopic (exact) mass is 280 g/mol. The highest BCUT2D eigenvalue weighted by molar-refractivity contribution is 7.15. The molecule has 1 aliphatic carbocycles. The molecule has 19 heavy (non-hydrogen) atoms. The summed E-state index contributed by atoms with van der Waals surface area (Å²) in [6.07, 6.45) is 3.94. The van der Waals surface area contributed by atoms with E-state index in [2.05, 4.69) is 29.1 Å². The van der Waals surface area contributed by atoms with Crippen molar-refractivity contribution in [2.24, 2.45) is 0 Å². The molecule has 1 aromatic rings. The van der Waals surface area contributed by atoms with Gasteiger partial charge in [0.05, 0.1) is 5.69 Å². The molecule has 5 heteroatoms. The van der Waals surface area contributed by atoms with Crippen molar-refractivity contribution in [2.45, 2.75) is 38.8 Å². The van der Waals surface area contributed by atoms with E-state index in [4.69, 9.17) is 4.98 Å². The van der Waals surface area contributed by atoms with Crippen LogP contribution in [0, 0.1) is 6.92 Å². The Morgan fingerprint density at radius 1 is 1.26 bits per heavy atom. The maximum absolute atomic E-state index is 4.79. The third-order valence-electron chi connectivity index (χ3n) is 4.00. The fraction of sp³-hybridized carbons (Fsp3) is 0.786. The fourth-order valence-electron chi connectivity index (χ4n) is 2.47. The van der Waals surface area contributed by atoms with Gasteiger partial charge in [-0.3, -0.25) is 0 Å². The second kappa shape index (κ2) is 5.77. The molecule has 1 aromatic heterocycles. The van der Waals surface area contributed by atoms with E-state index in [0.29, 0.717) is 0 Å². The second-order valence-corrected chi connectivity index (χ2v) is 6.87. The molecule has 4 nitrogen and oxygen atoms in total. The van der Waals surface area contributed by atoms with Crippen molar-refractivity contribution in [3.05, 3.63) is 10.6 Å². The van der Waals surface area contributed by atoms with Crippen LogP contribution in [0.15, 0.2) is 0 Å². The van der Waals surface area contributed by atoms with Crippen LogP contribution in [0.1, 0.15) is 29.8 Å². The topological polar surface area (TPSA) is 31.4 Å². The van der Waals surface area contributed by atoms with E-state index in [-0.39, 0.29) is 0 Å². The lowest BCUT2D eigenvalue weighted by molar-refractivity contribution is 0.360. The zero-order chi connectivity index (χ0) is 13.2. The number of thiazole rings is 1. The highest BCUT2D eigenvalue weighted by Crippen LogP contribution is 2.28. The SMILES string of the molecule is Cc1nc(N2CCCN(C)CC2)sc1CNC1CC1. The lowest BCUT2D eigenvalue weighted by Crippen LogP contribution is -2.28. The lowest BCUT2D eigenvalue weighted by atomic mass is 10.4. The van der Waals surface area contributed by atoms with E-state index in [1.165, 1.54) is 41.5 Å². The van der Waals surface area contributed by atoms with Crippen LogP contribution >= 0.6 is 11.3 Å². The van der Waals surface area contributed by atoms with Crippen molar-refractivity contribution < 1.29 is 0 Å². The molecule has 0 spiro atoms. The van der Waals surface area contributed by atoms with E-state index in [1.54, 1.807) is 0 Å². The summed E-state index contributed by atoms with van der Waals surface area (Å²) in [4.78, 5) is 11.1. The number of hydrogen-bond acceptors (Lipinski definition) is 5. The number of anilines is 1. The van der Waals surface area contributed by atoms with Gasteiger partial charge in [-0.1, -0.05) is 0 Å². The minimum absolute atomic E-state index is 0.775. The Morgan fingerprint density at radius 3 is 2.89 bits per heavy atom. The molecule has 1 saturated heterocycles. The predicted octanol–water partition coefficient (Wildman–Crippen LogP) is 1.85. The quantitative estimate of drug-likeness (QED) is 0.912. The smallest absolute Gasteiger partial charge is 0.185 e. The molecule has 2 aliphatic rings. The van der Waals surface area contributed by atoms with Crippen LogP contribution in [0.25, 0.3) is 0 Å². The summed E-state index contributed by atoms with van der Waals surface area (Å²) < 4.78 is 0. The average molecular weight is 280 g/mol. The highest BCUT2D eigenvalue weighted by Gasteiger charge is 2.22. The maximum atomic E-state index is 4.79. The number of aryl methyl sites for hydroxylation is 1. The Kier molecular flexibility index (Phi) is 4.05. The van der Waals surface area contributed by atoms with Crippen molar-refractivity contribution in [1.82, 2.24) is 15.2 Å². The Morgan fingerprint density at radius 2 is 2.11 bits per heavy atom. The number of nitrogens with zero attached hydrogens (tertiary/aromatic N) is 3. The summed E-state index contributed by atoms with van der Waals surface area (Å²) in [6.45, 7) is 7.76. The third-order valence-corrected chi connectivity index (χ3v) is 5.22. The molecule has 0 atom stereocenters. The van der Waals surface area contributed by atoms with E-state index in [1.807, 2.05) is 11.3 Å². The van der Waals surface area contributed by atoms with Crippen molar-refractivity contribution in [3.63, 3.8) is 0 Å². The molecule has 2 heterocycles. The first-order valence-electron chi connectivity index (χ1n) is 7.35. The molecule has 2 fully saturated rings. The van der Waals surface area contributed by atoms with Crippen molar-refractivity contribution >= 4 is 16.5 Å². The van der Waals surface area contributed by atoms with Crippen LogP contribution in [-0.2, 0) is 6.54 Å². The number of likely N-dealkylation sites (N-methyl/N-ethyl adjacent to an activating group) is 1. The Labute approximate surface area is 119 Å². The lowest BCUT2D eigenvalue weighted by Gasteiger charge is -2.19. The first kappa shape index (κ1) is 13.3. The molecular formula is C14H24N4S. The number of aromatic nitrogens is 1. The first-order chi connectivity index (χ1) is 9.22. The van der Waals surface area contributed by atoms with Crippen LogP contribution in [0.2, 0.25) is 0 Å². The van der Waals surface area contributed by atoms with Gasteiger partial charge in [0.2, 0.25) is 0 Å². The Hall–Kier alpha value is -0.650. The van der Waals surface area contributed by atoms with Crippen LogP contribution < -0.4 is 10.2 Å². The van der Waals surface area contributed by atoms with Gasteiger partial charge < -0.3 is 15.1 Å². The predicted molar refractivity (Wildman–Crippen MR) is 81.0 cm³/mol. The number of nitrogens with one attached hydrogen (secondary N) is 1. The van der Waals surface area contributed by atoms with Gasteiger partial charge in [0.1, 0.15) is 0 Å². The van der Waals surface area contributed by atoms with Crippen LogP contribution in [0.4, 0.5) is 5.13 Å². The highest BCUT2D eigenvalue weighted by atomic mass is 32.1. The molecule has 106 valence electrons. The van der Waals surface area contributed by atoms with Gasteiger partial charge in [0.25, 0.3) is 0 Å². The zero-order valence-electron chi connectivity index (χ0n) is 12.0. The number of rotatable bonds is 4. The van der Waals surface area contributed by atoms with E-state index >= 15 is 0 Å². The molecule has 1 N–H and O–H groups in total. The summed E-state index contributed by atoms with van der Waals surface area (Å²) in [5.74, 6) is 0. The molecular weight excluding hydrogens is 256 g/mol. The molecule has 0 unspecified atom stereocenters. The van der Waals surface area contributed by atoms with Crippen molar-refractivity contribution in [2.75, 3.05) is 38.1 Å². The number of hydrogen-bond donors (Lipinski definition) is 1. The Balaban J connectivity index is 1.64. The summed E-state index contributed by atoms with van der Waals surface area (Å²) in [7, 11) is 2.21. The molecule has 1 aliphatic heterocycles. The second-order valence-electron chi connectivity index (χ2n) is 5.80. The molecule has 0 bridgehead atoms. The van der Waals surface area contributed by atoms with Gasteiger partial charge in [-0.2, -0.15) is 0 Å². The van der Waals surface area contributed by atoms with Gasteiger partial charge in [-0.25, -0.2) is 4.98 Å². The summed E-state index contributed by atoms with van der Waals surface area (Å²) in [6, 6.07) is 0.775. The van der Waals surface area contributed by atoms with Gasteiger partial charge in [-0.15, -0.1) is 11.3 Å². The largest absolute Gasteiger partial charge is 0.347 e. The fourth-order valence-corrected chi connectivity index (χ4v) is 3.54. The van der Waals surface area contributed by atoms with Gasteiger partial charge in [0.15, 0.2) is 5.13 Å². The third kappa shape index (κ3) is 3.46. The Bertz CT molecular complexity index is 427. The maximum Gasteiger partial charge on any atom is 0.185 e. The first-order valence-corrected chi connectivity index (χ1v) is 8.17. The van der Waals surface area contributed by atoms with Crippen molar-refractivity contribution in [1.29, 1.82) is 0 Å². The van der Waals surface area contributed by atoms with Crippen LogP contribution in [-0.4, -0.2) is 49.2 Å². The van der Waals surface area contributed by atoms with E-state index in [9.17, 15) is 0 Å². The minimum atomic E-state index is 0.775. The summed E-state index contributed by atoms with van der Waals surface area (Å²) in [5, 5.41) is 4.82. The average Bonchev–Trinajstić information content (AvgIpc) is 3.17. The molecule has 3 rings (SSSR count). The normalized spacial score (nSPS) is 21.7. The van der Waals surface area contributed by atoms with E-state index in [0.717, 1.165) is 32.2 Å². The van der Waals surface area contributed by atoms with Gasteiger partial charge in [0, 0.05) is 37.1 Å². The van der Waals surface area contributed by atoms with Gasteiger partial charge >= 0.3 is 0 Å². The van der Waals surface area contributed by atoms with E-state index < -0.39 is 0 Å². The minimum Gasteiger partial charge on any atom is -0.347 e. The molecule has 0 radical (unpaired) electrons. The van der Waals surface area contributed by atoms with Crippen molar-refractivity contribution in [3.8, 4) is 0 Å². The van der Waals surface area contributed by atoms with Gasteiger partial charge in [-0.05, 0) is 39.8 Å². The zero-order valence-corrected chi connectivity index (χ0v) is 12.8.